The van der Waals surface area contributed by atoms with Gasteiger partial charge in [0.05, 0.1) is 12.3 Å². The Morgan fingerprint density at radius 2 is 2.04 bits per heavy atom. The first-order chi connectivity index (χ1) is 12.7. The first kappa shape index (κ1) is 20.0. The van der Waals surface area contributed by atoms with E-state index in [4.69, 9.17) is 16.9 Å². The minimum Gasteiger partial charge on any atom is -0.404 e. The van der Waals surface area contributed by atoms with Crippen LogP contribution in [-0.2, 0) is 0 Å². The van der Waals surface area contributed by atoms with Crippen molar-refractivity contribution >= 4 is 29.0 Å². The fraction of sp³-hybridized carbons (Fsp3) is 0.211. The minimum absolute atomic E-state index is 0.146. The number of alkyl halides is 2. The number of aromatic nitrogens is 1. The van der Waals surface area contributed by atoms with Crippen LogP contribution in [0.4, 0.5) is 20.3 Å². The summed E-state index contributed by atoms with van der Waals surface area (Å²) in [5.41, 5.74) is 14.7. The molecule has 1 aromatic heterocycles. The Morgan fingerprint density at radius 1 is 1.30 bits per heavy atom. The van der Waals surface area contributed by atoms with Gasteiger partial charge < -0.3 is 16.8 Å². The van der Waals surface area contributed by atoms with Crippen LogP contribution in [0, 0.1) is 5.41 Å². The number of pyridine rings is 1. The molecule has 0 atom stereocenters. The summed E-state index contributed by atoms with van der Waals surface area (Å²) < 4.78 is 26.1. The lowest BCUT2D eigenvalue weighted by Crippen LogP contribution is -2.23. The highest BCUT2D eigenvalue weighted by Crippen LogP contribution is 2.23. The summed E-state index contributed by atoms with van der Waals surface area (Å²) in [6.45, 7) is 0.273. The van der Waals surface area contributed by atoms with E-state index in [1.807, 2.05) is 0 Å². The van der Waals surface area contributed by atoms with Gasteiger partial charge in [-0.1, -0.05) is 6.07 Å². The number of hydrogen-bond acceptors (Lipinski definition) is 6. The van der Waals surface area contributed by atoms with Gasteiger partial charge in [-0.05, 0) is 29.8 Å². The number of nitrogens with two attached hydrogens (primary N) is 2. The zero-order chi connectivity index (χ0) is 20.0. The molecule has 0 radical (unpaired) electrons. The smallest absolute Gasteiger partial charge is 0.262 e. The number of allylic oxidation sites excluding steroid dienone is 1. The zero-order valence-electron chi connectivity index (χ0n) is 15.1. The minimum atomic E-state index is -2.87. The number of aliphatic imine (C=N–C) groups is 1. The van der Waals surface area contributed by atoms with Crippen LogP contribution in [0.15, 0.2) is 47.7 Å². The Labute approximate surface area is 156 Å². The van der Waals surface area contributed by atoms with Gasteiger partial charge in [-0.25, -0.2) is 13.8 Å². The van der Waals surface area contributed by atoms with Crippen molar-refractivity contribution in [2.24, 2.45) is 10.7 Å². The maximum absolute atomic E-state index is 13.0. The molecule has 2 aromatic rings. The first-order valence-electron chi connectivity index (χ1n) is 8.16. The van der Waals surface area contributed by atoms with Gasteiger partial charge in [-0.3, -0.25) is 10.4 Å². The standard InChI is InChI=1S/C19H22F2N6/c1-19(20,21)11-27-17-8-13(5-6-26-17)18(24)15-7-12(3-4-16(15)23)14(9-22)10-25-2/h3-10,24H,11,22-23H2,1-2H3,(H,26,27). The number of rotatable bonds is 7. The zero-order valence-corrected chi connectivity index (χ0v) is 15.1. The molecule has 0 aliphatic heterocycles. The summed E-state index contributed by atoms with van der Waals surface area (Å²) in [5, 5.41) is 11.1. The van der Waals surface area contributed by atoms with Crippen molar-refractivity contribution in [2.75, 3.05) is 24.6 Å². The second-order valence-corrected chi connectivity index (χ2v) is 6.04. The van der Waals surface area contributed by atoms with E-state index in [9.17, 15) is 8.78 Å². The van der Waals surface area contributed by atoms with Crippen molar-refractivity contribution in [3.63, 3.8) is 0 Å². The van der Waals surface area contributed by atoms with Crippen molar-refractivity contribution in [3.05, 3.63) is 59.4 Å². The Hall–Kier alpha value is -3.29. The molecule has 6 nitrogen and oxygen atoms in total. The molecule has 1 heterocycles. The van der Waals surface area contributed by atoms with E-state index in [-0.39, 0.29) is 11.5 Å². The van der Waals surface area contributed by atoms with Gasteiger partial charge >= 0.3 is 0 Å². The summed E-state index contributed by atoms with van der Waals surface area (Å²) in [6, 6.07) is 8.37. The molecule has 0 aliphatic carbocycles. The Kier molecular flexibility index (Phi) is 6.23. The molecule has 0 fully saturated rings. The van der Waals surface area contributed by atoms with Crippen molar-refractivity contribution in [3.8, 4) is 0 Å². The normalized spacial score (nSPS) is 12.4. The van der Waals surface area contributed by atoms with E-state index in [1.54, 1.807) is 37.5 Å². The monoisotopic (exact) mass is 372 g/mol. The van der Waals surface area contributed by atoms with Gasteiger partial charge in [-0.15, -0.1) is 0 Å². The molecule has 8 heteroatoms. The fourth-order valence-corrected chi connectivity index (χ4v) is 2.39. The summed E-state index contributed by atoms with van der Waals surface area (Å²) in [4.78, 5) is 7.96. The number of anilines is 2. The SMILES string of the molecule is CN=CC(=CN)c1ccc(N)c(C(=N)c2ccnc(NCC(C)(F)F)c2)c1. The number of halogens is 2. The van der Waals surface area contributed by atoms with E-state index < -0.39 is 12.5 Å². The molecule has 0 spiro atoms. The molecule has 0 saturated heterocycles. The predicted octanol–water partition coefficient (Wildman–Crippen LogP) is 3.15. The van der Waals surface area contributed by atoms with Gasteiger partial charge in [0.15, 0.2) is 0 Å². The van der Waals surface area contributed by atoms with Gasteiger partial charge in [0, 0.05) is 55.0 Å². The first-order valence-corrected chi connectivity index (χ1v) is 8.16. The number of benzene rings is 1. The van der Waals surface area contributed by atoms with Gasteiger partial charge in [0.1, 0.15) is 5.82 Å². The second-order valence-electron chi connectivity index (χ2n) is 6.04. The van der Waals surface area contributed by atoms with Crippen LogP contribution in [0.3, 0.4) is 0 Å². The molecular formula is C19H22F2N6. The van der Waals surface area contributed by atoms with Crippen molar-refractivity contribution in [2.45, 2.75) is 12.8 Å². The second kappa shape index (κ2) is 8.39. The third-order valence-electron chi connectivity index (χ3n) is 3.73. The average Bonchev–Trinajstić information content (AvgIpc) is 2.64. The third-order valence-corrected chi connectivity index (χ3v) is 3.73. The van der Waals surface area contributed by atoms with Crippen LogP contribution in [-0.4, -0.2) is 36.4 Å². The van der Waals surface area contributed by atoms with Crippen LogP contribution < -0.4 is 16.8 Å². The topological polar surface area (TPSA) is 113 Å². The van der Waals surface area contributed by atoms with E-state index in [0.717, 1.165) is 12.5 Å². The highest BCUT2D eigenvalue weighted by atomic mass is 19.3. The maximum Gasteiger partial charge on any atom is 0.262 e. The quantitative estimate of drug-likeness (QED) is 0.442. The lowest BCUT2D eigenvalue weighted by molar-refractivity contribution is 0.0367. The fourth-order valence-electron chi connectivity index (χ4n) is 2.39. The van der Waals surface area contributed by atoms with Crippen LogP contribution in [0.1, 0.15) is 23.6 Å². The molecule has 0 amide bonds. The number of hydrogen-bond donors (Lipinski definition) is 4. The largest absolute Gasteiger partial charge is 0.404 e. The highest BCUT2D eigenvalue weighted by Gasteiger charge is 2.20. The van der Waals surface area contributed by atoms with Gasteiger partial charge in [0.25, 0.3) is 5.92 Å². The molecule has 0 aliphatic rings. The number of nitrogens with zero attached hydrogens (tertiary/aromatic N) is 2. The Morgan fingerprint density at radius 3 is 2.67 bits per heavy atom. The van der Waals surface area contributed by atoms with Crippen LogP contribution in [0.2, 0.25) is 0 Å². The molecule has 142 valence electrons. The molecule has 6 N–H and O–H groups in total. The summed E-state index contributed by atoms with van der Waals surface area (Å²) in [7, 11) is 1.63. The van der Waals surface area contributed by atoms with Crippen LogP contribution in [0.5, 0.6) is 0 Å². The lowest BCUT2D eigenvalue weighted by atomic mass is 9.97. The Bertz CT molecular complexity index is 884. The molecule has 2 rings (SSSR count). The molecule has 0 saturated carbocycles. The predicted molar refractivity (Wildman–Crippen MR) is 107 cm³/mol. The van der Waals surface area contributed by atoms with Crippen molar-refractivity contribution in [1.82, 2.24) is 4.98 Å². The van der Waals surface area contributed by atoms with Crippen LogP contribution >= 0.6 is 0 Å². The van der Waals surface area contributed by atoms with Crippen LogP contribution in [0.25, 0.3) is 5.57 Å². The molecule has 0 unspecified atom stereocenters. The van der Waals surface area contributed by atoms with E-state index in [2.05, 4.69) is 15.3 Å². The number of nitrogens with one attached hydrogen (secondary N) is 2. The molecule has 1 aromatic carbocycles. The third kappa shape index (κ3) is 5.34. The van der Waals surface area contributed by atoms with Gasteiger partial charge in [-0.2, -0.15) is 0 Å². The Balaban J connectivity index is 2.35. The molecular weight excluding hydrogens is 350 g/mol. The summed E-state index contributed by atoms with van der Waals surface area (Å²) >= 11 is 0. The molecule has 0 bridgehead atoms. The van der Waals surface area contributed by atoms with E-state index >= 15 is 0 Å². The van der Waals surface area contributed by atoms with Crippen molar-refractivity contribution in [1.29, 1.82) is 5.41 Å². The van der Waals surface area contributed by atoms with Gasteiger partial charge in [0.2, 0.25) is 0 Å². The van der Waals surface area contributed by atoms with Crippen molar-refractivity contribution < 1.29 is 8.78 Å². The highest BCUT2D eigenvalue weighted by molar-refractivity contribution is 6.16. The summed E-state index contributed by atoms with van der Waals surface area (Å²) in [5.74, 6) is -2.61. The average molecular weight is 372 g/mol. The summed E-state index contributed by atoms with van der Waals surface area (Å²) in [6.07, 6.45) is 4.48. The lowest BCUT2D eigenvalue weighted by Gasteiger charge is -2.14. The number of nitrogen functional groups attached to an aromatic ring is 1. The van der Waals surface area contributed by atoms with E-state index in [1.165, 1.54) is 18.5 Å². The molecule has 27 heavy (non-hydrogen) atoms. The van der Waals surface area contributed by atoms with E-state index in [0.29, 0.717) is 22.4 Å². The maximum atomic E-state index is 13.0.